The van der Waals surface area contributed by atoms with Crippen LogP contribution in [0.2, 0.25) is 0 Å². The predicted octanol–water partition coefficient (Wildman–Crippen LogP) is 4.24. The van der Waals surface area contributed by atoms with Crippen molar-refractivity contribution in [2.45, 2.75) is 6.42 Å². The maximum atomic E-state index is 12.9. The molecule has 0 radical (unpaired) electrons. The van der Waals surface area contributed by atoms with Crippen LogP contribution >= 0.6 is 11.3 Å². The van der Waals surface area contributed by atoms with Gasteiger partial charge in [-0.2, -0.15) is 0 Å². The predicted molar refractivity (Wildman–Crippen MR) is 109 cm³/mol. The van der Waals surface area contributed by atoms with E-state index in [0.29, 0.717) is 17.1 Å². The molecule has 0 aliphatic carbocycles. The molecule has 0 spiro atoms. The Hall–Kier alpha value is -3.25. The number of nitrogens with zero attached hydrogens (tertiary/aromatic N) is 2. The molecule has 5 nitrogen and oxygen atoms in total. The van der Waals surface area contributed by atoms with Crippen molar-refractivity contribution < 1.29 is 9.59 Å². The number of aliphatic imine (C=N–C) groups is 1. The maximum absolute atomic E-state index is 12.9. The topological polar surface area (TPSA) is 61.8 Å². The summed E-state index contributed by atoms with van der Waals surface area (Å²) >= 11 is 1.55. The minimum atomic E-state index is -0.246. The minimum absolute atomic E-state index is 0.0576. The van der Waals surface area contributed by atoms with Crippen LogP contribution in [0.15, 0.2) is 77.1 Å². The van der Waals surface area contributed by atoms with E-state index in [1.807, 2.05) is 72.1 Å². The van der Waals surface area contributed by atoms with Crippen LogP contribution in [0.4, 0.5) is 17.1 Å². The average molecular weight is 375 g/mol. The fourth-order valence-corrected chi connectivity index (χ4v) is 3.68. The summed E-state index contributed by atoms with van der Waals surface area (Å²) in [7, 11) is 0. The van der Waals surface area contributed by atoms with Crippen molar-refractivity contribution in [3.63, 3.8) is 0 Å². The Labute approximate surface area is 161 Å². The lowest BCUT2D eigenvalue weighted by molar-refractivity contribution is -0.120. The highest BCUT2D eigenvalue weighted by atomic mass is 32.1. The highest BCUT2D eigenvalue weighted by Crippen LogP contribution is 2.33. The lowest BCUT2D eigenvalue weighted by Gasteiger charge is -2.21. The number of hydrogen-bond donors (Lipinski definition) is 1. The zero-order chi connectivity index (χ0) is 18.6. The summed E-state index contributed by atoms with van der Waals surface area (Å²) in [6.45, 7) is -0.0576. The number of carbonyl (C=O) groups excluding carboxylic acids is 2. The molecule has 4 rings (SSSR count). The van der Waals surface area contributed by atoms with Crippen LogP contribution in [0, 0.1) is 0 Å². The number of carbonyl (C=O) groups is 2. The van der Waals surface area contributed by atoms with Crippen molar-refractivity contribution in [2.24, 2.45) is 4.99 Å². The number of thiophene rings is 1. The number of benzene rings is 2. The SMILES string of the molecule is O=C(CN1C(=O)CC(c2cccs2)=Nc2ccccc21)Nc1ccccc1. The van der Waals surface area contributed by atoms with E-state index in [2.05, 4.69) is 5.32 Å². The van der Waals surface area contributed by atoms with E-state index in [9.17, 15) is 9.59 Å². The van der Waals surface area contributed by atoms with Gasteiger partial charge in [0.25, 0.3) is 0 Å². The molecule has 1 aliphatic rings. The highest BCUT2D eigenvalue weighted by Gasteiger charge is 2.26. The second kappa shape index (κ2) is 7.55. The maximum Gasteiger partial charge on any atom is 0.244 e. The van der Waals surface area contributed by atoms with Gasteiger partial charge in [-0.1, -0.05) is 36.4 Å². The monoisotopic (exact) mass is 375 g/mol. The van der Waals surface area contributed by atoms with Crippen molar-refractivity contribution in [2.75, 3.05) is 16.8 Å². The Balaban J connectivity index is 1.61. The Morgan fingerprint density at radius 2 is 1.81 bits per heavy atom. The van der Waals surface area contributed by atoms with Crippen molar-refractivity contribution in [3.05, 3.63) is 77.0 Å². The molecule has 2 aromatic carbocycles. The van der Waals surface area contributed by atoms with E-state index in [1.54, 1.807) is 11.3 Å². The lowest BCUT2D eigenvalue weighted by Crippen LogP contribution is -2.38. The third kappa shape index (κ3) is 3.80. The number of fused-ring (bicyclic) bond motifs is 1. The van der Waals surface area contributed by atoms with Gasteiger partial charge in [-0.25, -0.2) is 4.99 Å². The van der Waals surface area contributed by atoms with Crippen molar-refractivity contribution >= 4 is 45.9 Å². The van der Waals surface area contributed by atoms with Crippen LogP contribution in [0.3, 0.4) is 0 Å². The van der Waals surface area contributed by atoms with Crippen molar-refractivity contribution in [1.29, 1.82) is 0 Å². The molecule has 0 atom stereocenters. The first-order valence-electron chi connectivity index (χ1n) is 8.56. The molecule has 1 aliphatic heterocycles. The number of hydrogen-bond acceptors (Lipinski definition) is 4. The second-order valence-corrected chi connectivity index (χ2v) is 7.04. The normalized spacial score (nSPS) is 13.6. The van der Waals surface area contributed by atoms with Gasteiger partial charge in [0.2, 0.25) is 11.8 Å². The van der Waals surface area contributed by atoms with Crippen molar-refractivity contribution in [3.8, 4) is 0 Å². The molecular weight excluding hydrogens is 358 g/mol. The molecule has 0 bridgehead atoms. The van der Waals surface area contributed by atoms with E-state index < -0.39 is 0 Å². The summed E-state index contributed by atoms with van der Waals surface area (Å²) in [6.07, 6.45) is 0.161. The first kappa shape index (κ1) is 17.2. The molecule has 1 aromatic heterocycles. The first-order chi connectivity index (χ1) is 13.2. The quantitative estimate of drug-likeness (QED) is 0.741. The smallest absolute Gasteiger partial charge is 0.244 e. The molecule has 0 unspecified atom stereocenters. The molecular formula is C21H17N3O2S. The molecule has 0 saturated carbocycles. The van der Waals surface area contributed by atoms with E-state index in [1.165, 1.54) is 4.90 Å². The Morgan fingerprint density at radius 3 is 2.59 bits per heavy atom. The van der Waals surface area contributed by atoms with Gasteiger partial charge in [-0.15, -0.1) is 11.3 Å². The summed E-state index contributed by atoms with van der Waals surface area (Å²) in [4.78, 5) is 32.6. The Kier molecular flexibility index (Phi) is 4.80. The largest absolute Gasteiger partial charge is 0.325 e. The van der Waals surface area contributed by atoms with Crippen molar-refractivity contribution in [1.82, 2.24) is 0 Å². The second-order valence-electron chi connectivity index (χ2n) is 6.10. The first-order valence-corrected chi connectivity index (χ1v) is 9.44. The summed E-state index contributed by atoms with van der Waals surface area (Å²) in [5, 5.41) is 4.79. The number of para-hydroxylation sites is 3. The Bertz CT molecular complexity index is 997. The highest BCUT2D eigenvalue weighted by molar-refractivity contribution is 7.12. The Morgan fingerprint density at radius 1 is 1.04 bits per heavy atom. The van der Waals surface area contributed by atoms with Crippen LogP contribution in [-0.4, -0.2) is 24.1 Å². The van der Waals surface area contributed by atoms with E-state index >= 15 is 0 Å². The molecule has 27 heavy (non-hydrogen) atoms. The van der Waals surface area contributed by atoms with Gasteiger partial charge in [0.1, 0.15) is 6.54 Å². The van der Waals surface area contributed by atoms with Gasteiger partial charge in [-0.3, -0.25) is 9.59 Å². The molecule has 134 valence electrons. The van der Waals surface area contributed by atoms with Gasteiger partial charge < -0.3 is 10.2 Å². The van der Waals surface area contributed by atoms with Crippen LogP contribution in [0.5, 0.6) is 0 Å². The molecule has 1 N–H and O–H groups in total. The summed E-state index contributed by atoms with van der Waals surface area (Å²) < 4.78 is 0. The zero-order valence-corrected chi connectivity index (χ0v) is 15.3. The van der Waals surface area contributed by atoms with Gasteiger partial charge in [0, 0.05) is 10.6 Å². The number of anilines is 2. The van der Waals surface area contributed by atoms with Gasteiger partial charge in [0.05, 0.1) is 23.5 Å². The molecule has 0 fully saturated rings. The van der Waals surface area contributed by atoms with Gasteiger partial charge >= 0.3 is 0 Å². The van der Waals surface area contributed by atoms with E-state index in [-0.39, 0.29) is 24.8 Å². The van der Waals surface area contributed by atoms with E-state index in [4.69, 9.17) is 4.99 Å². The molecule has 2 heterocycles. The van der Waals surface area contributed by atoms with Crippen LogP contribution < -0.4 is 10.2 Å². The lowest BCUT2D eigenvalue weighted by atomic mass is 10.2. The van der Waals surface area contributed by atoms with Crippen LogP contribution in [0.1, 0.15) is 11.3 Å². The molecule has 0 saturated heterocycles. The number of nitrogens with one attached hydrogen (secondary N) is 1. The third-order valence-corrected chi connectivity index (χ3v) is 5.13. The fraction of sp³-hybridized carbons (Fsp3) is 0.0952. The molecule has 2 amide bonds. The van der Waals surface area contributed by atoms with E-state index in [0.717, 1.165) is 10.6 Å². The zero-order valence-electron chi connectivity index (χ0n) is 14.5. The third-order valence-electron chi connectivity index (χ3n) is 4.21. The molecule has 3 aromatic rings. The van der Waals surface area contributed by atoms with Crippen LogP contribution in [0.25, 0.3) is 0 Å². The standard InChI is InChI=1S/C21H17N3O2S/c25-20(22-15-7-2-1-3-8-15)14-24-18-10-5-4-9-16(18)23-17(13-21(24)26)19-11-6-12-27-19/h1-12H,13-14H2,(H,22,25). The minimum Gasteiger partial charge on any atom is -0.325 e. The average Bonchev–Trinajstić information content (AvgIpc) is 3.17. The summed E-state index contributed by atoms with van der Waals surface area (Å²) in [5.41, 5.74) is 2.78. The number of amides is 2. The summed E-state index contributed by atoms with van der Waals surface area (Å²) in [5.74, 6) is -0.390. The van der Waals surface area contributed by atoms with Crippen LogP contribution in [-0.2, 0) is 9.59 Å². The summed E-state index contributed by atoms with van der Waals surface area (Å²) in [6, 6.07) is 20.5. The van der Waals surface area contributed by atoms with Gasteiger partial charge in [0.15, 0.2) is 0 Å². The number of rotatable bonds is 4. The fourth-order valence-electron chi connectivity index (χ4n) is 2.97. The van der Waals surface area contributed by atoms with Gasteiger partial charge in [-0.05, 0) is 35.7 Å². The molecule has 6 heteroatoms.